The Morgan fingerprint density at radius 2 is 2.24 bits per heavy atom. The van der Waals surface area contributed by atoms with Crippen LogP contribution < -0.4 is 5.56 Å². The van der Waals surface area contributed by atoms with Crippen molar-refractivity contribution in [1.82, 2.24) is 19.7 Å². The SMILES string of the molecule is COC(=O)c1nn(-c2cccc(Cl)c2)c2c(=O)[nH]cnc12. The van der Waals surface area contributed by atoms with Crippen LogP contribution in [0.15, 0.2) is 35.4 Å². The Morgan fingerprint density at radius 3 is 2.95 bits per heavy atom. The number of ether oxygens (including phenoxy) is 1. The minimum absolute atomic E-state index is 0.0291. The Morgan fingerprint density at radius 1 is 1.43 bits per heavy atom. The van der Waals surface area contributed by atoms with Crippen molar-refractivity contribution in [2.24, 2.45) is 0 Å². The highest BCUT2D eigenvalue weighted by atomic mass is 35.5. The Kier molecular flexibility index (Phi) is 3.19. The number of carbonyl (C=O) groups is 1. The predicted octanol–water partition coefficient (Wildman–Crippen LogP) is 1.55. The highest BCUT2D eigenvalue weighted by Gasteiger charge is 2.21. The van der Waals surface area contributed by atoms with Gasteiger partial charge in [0.05, 0.1) is 19.1 Å². The van der Waals surface area contributed by atoms with Crippen LogP contribution in [-0.2, 0) is 4.74 Å². The number of nitrogens with zero attached hydrogens (tertiary/aromatic N) is 3. The molecule has 0 atom stereocenters. The summed E-state index contributed by atoms with van der Waals surface area (Å²) in [6.45, 7) is 0. The molecule has 0 radical (unpaired) electrons. The first-order chi connectivity index (χ1) is 10.1. The summed E-state index contributed by atoms with van der Waals surface area (Å²) in [5.74, 6) is -0.668. The summed E-state index contributed by atoms with van der Waals surface area (Å²) >= 11 is 5.95. The van der Waals surface area contributed by atoms with Crippen molar-refractivity contribution in [3.63, 3.8) is 0 Å². The van der Waals surface area contributed by atoms with E-state index in [4.69, 9.17) is 11.6 Å². The second-order valence-corrected chi connectivity index (χ2v) is 4.60. The average molecular weight is 305 g/mol. The maximum absolute atomic E-state index is 12.0. The molecule has 7 nitrogen and oxygen atoms in total. The van der Waals surface area contributed by atoms with E-state index < -0.39 is 11.5 Å². The van der Waals surface area contributed by atoms with E-state index in [0.717, 1.165) is 0 Å². The third-order valence-corrected chi connectivity index (χ3v) is 3.13. The first-order valence-electron chi connectivity index (χ1n) is 5.92. The summed E-state index contributed by atoms with van der Waals surface area (Å²) in [7, 11) is 1.24. The van der Waals surface area contributed by atoms with Crippen molar-refractivity contribution >= 4 is 28.6 Å². The maximum Gasteiger partial charge on any atom is 0.360 e. The molecule has 106 valence electrons. The number of H-pyrrole nitrogens is 1. The summed E-state index contributed by atoms with van der Waals surface area (Å²) in [4.78, 5) is 30.3. The summed E-state index contributed by atoms with van der Waals surface area (Å²) in [5.41, 5.74) is 0.424. The molecule has 1 aromatic carbocycles. The van der Waals surface area contributed by atoms with E-state index in [1.54, 1.807) is 24.3 Å². The Hall–Kier alpha value is -2.67. The van der Waals surface area contributed by atoms with Gasteiger partial charge >= 0.3 is 5.97 Å². The summed E-state index contributed by atoms with van der Waals surface area (Å²) in [5, 5.41) is 4.62. The van der Waals surface area contributed by atoms with Gasteiger partial charge in [-0.1, -0.05) is 17.7 Å². The van der Waals surface area contributed by atoms with Crippen molar-refractivity contribution < 1.29 is 9.53 Å². The summed E-state index contributed by atoms with van der Waals surface area (Å²) in [6.07, 6.45) is 1.21. The number of halogens is 1. The van der Waals surface area contributed by atoms with Crippen LogP contribution in [0.2, 0.25) is 5.02 Å². The zero-order valence-corrected chi connectivity index (χ0v) is 11.6. The molecule has 8 heteroatoms. The number of rotatable bonds is 2. The van der Waals surface area contributed by atoms with Crippen LogP contribution in [-0.4, -0.2) is 32.8 Å². The van der Waals surface area contributed by atoms with Gasteiger partial charge in [-0.2, -0.15) is 5.10 Å². The van der Waals surface area contributed by atoms with E-state index in [0.29, 0.717) is 10.7 Å². The van der Waals surface area contributed by atoms with Crippen LogP contribution in [0.25, 0.3) is 16.7 Å². The molecule has 2 aromatic heterocycles. The lowest BCUT2D eigenvalue weighted by Gasteiger charge is -2.02. The van der Waals surface area contributed by atoms with Gasteiger partial charge < -0.3 is 9.72 Å². The van der Waals surface area contributed by atoms with Crippen molar-refractivity contribution in [2.45, 2.75) is 0 Å². The molecule has 0 fully saturated rings. The van der Waals surface area contributed by atoms with E-state index in [1.807, 2.05) is 0 Å². The fourth-order valence-corrected chi connectivity index (χ4v) is 2.17. The zero-order valence-electron chi connectivity index (χ0n) is 10.8. The third kappa shape index (κ3) is 2.17. The van der Waals surface area contributed by atoms with Crippen LogP contribution in [0.5, 0.6) is 0 Å². The van der Waals surface area contributed by atoms with Gasteiger partial charge in [0.2, 0.25) is 0 Å². The molecule has 0 saturated carbocycles. The van der Waals surface area contributed by atoms with Gasteiger partial charge in [0.25, 0.3) is 5.56 Å². The monoisotopic (exact) mass is 304 g/mol. The van der Waals surface area contributed by atoms with Gasteiger partial charge in [-0.25, -0.2) is 14.5 Å². The molecule has 0 amide bonds. The van der Waals surface area contributed by atoms with Gasteiger partial charge in [0.1, 0.15) is 5.52 Å². The number of hydrogen-bond acceptors (Lipinski definition) is 5. The molecule has 0 aliphatic rings. The molecule has 0 bridgehead atoms. The van der Waals surface area contributed by atoms with E-state index in [-0.39, 0.29) is 16.7 Å². The lowest BCUT2D eigenvalue weighted by Crippen LogP contribution is -2.10. The topological polar surface area (TPSA) is 89.9 Å². The number of benzene rings is 1. The minimum atomic E-state index is -0.668. The van der Waals surface area contributed by atoms with Crippen LogP contribution in [0, 0.1) is 0 Å². The second-order valence-electron chi connectivity index (χ2n) is 4.16. The second kappa shape index (κ2) is 5.02. The summed E-state index contributed by atoms with van der Waals surface area (Å²) in [6, 6.07) is 6.75. The van der Waals surface area contributed by atoms with Crippen molar-refractivity contribution in [2.75, 3.05) is 7.11 Å². The molecule has 0 saturated heterocycles. The van der Waals surface area contributed by atoms with Crippen LogP contribution in [0.4, 0.5) is 0 Å². The van der Waals surface area contributed by atoms with E-state index >= 15 is 0 Å². The van der Waals surface area contributed by atoms with E-state index in [2.05, 4.69) is 19.8 Å². The van der Waals surface area contributed by atoms with Gasteiger partial charge in [0.15, 0.2) is 11.2 Å². The lowest BCUT2D eigenvalue weighted by atomic mass is 10.3. The lowest BCUT2D eigenvalue weighted by molar-refractivity contribution is 0.0595. The first-order valence-corrected chi connectivity index (χ1v) is 6.30. The van der Waals surface area contributed by atoms with Crippen LogP contribution in [0.1, 0.15) is 10.5 Å². The van der Waals surface area contributed by atoms with Crippen molar-refractivity contribution in [3.8, 4) is 5.69 Å². The number of aromatic amines is 1. The third-order valence-electron chi connectivity index (χ3n) is 2.90. The first kappa shape index (κ1) is 13.3. The maximum atomic E-state index is 12.0. The molecule has 3 rings (SSSR count). The number of methoxy groups -OCH3 is 1. The molecule has 1 N–H and O–H groups in total. The molecule has 3 aromatic rings. The molecule has 0 unspecified atom stereocenters. The number of fused-ring (bicyclic) bond motifs is 1. The fourth-order valence-electron chi connectivity index (χ4n) is 1.99. The number of hydrogen-bond donors (Lipinski definition) is 1. The summed E-state index contributed by atoms with van der Waals surface area (Å²) < 4.78 is 5.98. The quantitative estimate of drug-likeness (QED) is 0.725. The average Bonchev–Trinajstić information content (AvgIpc) is 2.87. The highest BCUT2D eigenvalue weighted by molar-refractivity contribution is 6.30. The van der Waals surface area contributed by atoms with Crippen LogP contribution >= 0.6 is 11.6 Å². The molecule has 0 spiro atoms. The van der Waals surface area contributed by atoms with E-state index in [1.165, 1.54) is 18.1 Å². The Labute approximate surface area is 123 Å². The minimum Gasteiger partial charge on any atom is -0.464 e. The predicted molar refractivity (Wildman–Crippen MR) is 75.8 cm³/mol. The van der Waals surface area contributed by atoms with Gasteiger partial charge in [0, 0.05) is 5.02 Å². The number of aromatic nitrogens is 4. The smallest absolute Gasteiger partial charge is 0.360 e. The van der Waals surface area contributed by atoms with Crippen molar-refractivity contribution in [3.05, 3.63) is 51.7 Å². The normalized spacial score (nSPS) is 10.8. The fraction of sp³-hybridized carbons (Fsp3) is 0.0769. The van der Waals surface area contributed by atoms with Crippen LogP contribution in [0.3, 0.4) is 0 Å². The highest BCUT2D eigenvalue weighted by Crippen LogP contribution is 2.20. The number of carbonyl (C=O) groups excluding carboxylic acids is 1. The van der Waals surface area contributed by atoms with Gasteiger partial charge in [-0.05, 0) is 18.2 Å². The van der Waals surface area contributed by atoms with Gasteiger partial charge in [-0.3, -0.25) is 4.79 Å². The molecular formula is C13H9ClN4O3. The number of esters is 1. The van der Waals surface area contributed by atoms with Crippen molar-refractivity contribution in [1.29, 1.82) is 0 Å². The Balaban J connectivity index is 2.38. The molecule has 0 aliphatic heterocycles. The largest absolute Gasteiger partial charge is 0.464 e. The molecular weight excluding hydrogens is 296 g/mol. The molecule has 2 heterocycles. The van der Waals surface area contributed by atoms with E-state index in [9.17, 15) is 9.59 Å². The standard InChI is InChI=1S/C13H9ClN4O3/c1-21-13(20)10-9-11(12(19)16-6-15-9)18(17-10)8-4-2-3-7(14)5-8/h2-6H,1H3,(H,15,16,19). The zero-order chi connectivity index (χ0) is 15.0. The van der Waals surface area contributed by atoms with Gasteiger partial charge in [-0.15, -0.1) is 0 Å². The molecule has 0 aliphatic carbocycles. The molecule has 21 heavy (non-hydrogen) atoms. The Bertz CT molecular complexity index is 900. The number of nitrogens with one attached hydrogen (secondary N) is 1.